The molecule has 3 heteroatoms. The van der Waals surface area contributed by atoms with Gasteiger partial charge in [0.1, 0.15) is 0 Å². The monoisotopic (exact) mass is 239 g/mol. The van der Waals surface area contributed by atoms with Crippen molar-refractivity contribution in [3.8, 4) is 0 Å². The molecule has 0 aliphatic carbocycles. The third-order valence-electron chi connectivity index (χ3n) is 4.65. The van der Waals surface area contributed by atoms with Crippen LogP contribution in [0.4, 0.5) is 0 Å². The third-order valence-corrected chi connectivity index (χ3v) is 4.65. The number of hydrogen-bond donors (Lipinski definition) is 1. The molecule has 2 saturated heterocycles. The van der Waals surface area contributed by atoms with E-state index in [0.29, 0.717) is 0 Å². The number of likely N-dealkylation sites (tertiary alicyclic amines) is 2. The fourth-order valence-electron chi connectivity index (χ4n) is 3.61. The van der Waals surface area contributed by atoms with Crippen LogP contribution in [0.15, 0.2) is 0 Å². The minimum Gasteiger partial charge on any atom is -0.329 e. The molecule has 17 heavy (non-hydrogen) atoms. The van der Waals surface area contributed by atoms with Gasteiger partial charge in [-0.1, -0.05) is 19.3 Å². The van der Waals surface area contributed by atoms with E-state index >= 15 is 0 Å². The van der Waals surface area contributed by atoms with Gasteiger partial charge in [0, 0.05) is 18.6 Å². The number of nitrogens with zero attached hydrogens (tertiary/aromatic N) is 2. The van der Waals surface area contributed by atoms with Crippen LogP contribution in [0, 0.1) is 0 Å². The van der Waals surface area contributed by atoms with Crippen molar-refractivity contribution >= 4 is 0 Å². The minimum atomic E-state index is 0.282. The molecular formula is C14H29N3. The van der Waals surface area contributed by atoms with E-state index < -0.39 is 0 Å². The SMILES string of the molecule is CN1CCCC(CN)(N2CCCCCCC2)C1. The molecule has 2 heterocycles. The molecule has 2 aliphatic rings. The Morgan fingerprint density at radius 3 is 2.18 bits per heavy atom. The Kier molecular flexibility index (Phi) is 4.83. The highest BCUT2D eigenvalue weighted by Gasteiger charge is 2.38. The quantitative estimate of drug-likeness (QED) is 0.796. The van der Waals surface area contributed by atoms with Crippen LogP contribution in [0.25, 0.3) is 0 Å². The van der Waals surface area contributed by atoms with Crippen LogP contribution in [-0.4, -0.2) is 55.1 Å². The van der Waals surface area contributed by atoms with Gasteiger partial charge in [-0.25, -0.2) is 0 Å². The second-order valence-electron chi connectivity index (χ2n) is 6.02. The molecule has 2 fully saturated rings. The van der Waals surface area contributed by atoms with Crippen molar-refractivity contribution in [3.63, 3.8) is 0 Å². The van der Waals surface area contributed by atoms with E-state index in [2.05, 4.69) is 16.8 Å². The Bertz CT molecular complexity index is 224. The number of nitrogens with two attached hydrogens (primary N) is 1. The van der Waals surface area contributed by atoms with Gasteiger partial charge < -0.3 is 10.6 Å². The zero-order valence-electron chi connectivity index (χ0n) is 11.5. The second kappa shape index (κ2) is 6.17. The topological polar surface area (TPSA) is 32.5 Å². The summed E-state index contributed by atoms with van der Waals surface area (Å²) in [5.74, 6) is 0. The predicted molar refractivity (Wildman–Crippen MR) is 73.2 cm³/mol. The van der Waals surface area contributed by atoms with Gasteiger partial charge in [0.2, 0.25) is 0 Å². The standard InChI is InChI=1S/C14H29N3/c1-16-9-7-8-14(12-15,13-16)17-10-5-3-2-4-6-11-17/h2-13,15H2,1H3. The van der Waals surface area contributed by atoms with Crippen LogP contribution >= 0.6 is 0 Å². The fraction of sp³-hybridized carbons (Fsp3) is 1.00. The summed E-state index contributed by atoms with van der Waals surface area (Å²) in [5, 5.41) is 0. The van der Waals surface area contributed by atoms with Gasteiger partial charge in [-0.2, -0.15) is 0 Å². The van der Waals surface area contributed by atoms with Crippen molar-refractivity contribution in [1.82, 2.24) is 9.80 Å². The highest BCUT2D eigenvalue weighted by Crippen LogP contribution is 2.28. The second-order valence-corrected chi connectivity index (χ2v) is 6.02. The van der Waals surface area contributed by atoms with Gasteiger partial charge in [-0.05, 0) is 52.4 Å². The largest absolute Gasteiger partial charge is 0.329 e. The Morgan fingerprint density at radius 1 is 0.941 bits per heavy atom. The first-order valence-corrected chi connectivity index (χ1v) is 7.40. The van der Waals surface area contributed by atoms with Gasteiger partial charge >= 0.3 is 0 Å². The number of piperidine rings is 1. The third kappa shape index (κ3) is 3.21. The molecular weight excluding hydrogens is 210 g/mol. The van der Waals surface area contributed by atoms with Gasteiger partial charge in [0.05, 0.1) is 0 Å². The molecule has 0 spiro atoms. The lowest BCUT2D eigenvalue weighted by Gasteiger charge is -2.49. The van der Waals surface area contributed by atoms with E-state index in [4.69, 9.17) is 5.73 Å². The summed E-state index contributed by atoms with van der Waals surface area (Å²) in [5.41, 5.74) is 6.44. The zero-order valence-corrected chi connectivity index (χ0v) is 11.5. The maximum absolute atomic E-state index is 6.15. The predicted octanol–water partition coefficient (Wildman–Crippen LogP) is 1.68. The number of rotatable bonds is 2. The maximum atomic E-state index is 6.15. The highest BCUT2D eigenvalue weighted by atomic mass is 15.3. The molecule has 0 aromatic rings. The Hall–Kier alpha value is -0.120. The molecule has 0 aromatic carbocycles. The lowest BCUT2D eigenvalue weighted by Crippen LogP contribution is -2.62. The average molecular weight is 239 g/mol. The molecule has 0 aromatic heterocycles. The first-order chi connectivity index (χ1) is 8.27. The van der Waals surface area contributed by atoms with Crippen LogP contribution in [0.3, 0.4) is 0 Å². The van der Waals surface area contributed by atoms with Crippen LogP contribution in [-0.2, 0) is 0 Å². The number of hydrogen-bond acceptors (Lipinski definition) is 3. The summed E-state index contributed by atoms with van der Waals surface area (Å²) < 4.78 is 0. The lowest BCUT2D eigenvalue weighted by atomic mass is 9.86. The Morgan fingerprint density at radius 2 is 1.59 bits per heavy atom. The zero-order chi connectivity index (χ0) is 12.1. The molecule has 100 valence electrons. The minimum absolute atomic E-state index is 0.282. The summed E-state index contributed by atoms with van der Waals surface area (Å²) in [6, 6.07) is 0. The molecule has 0 saturated carbocycles. The van der Waals surface area contributed by atoms with Gasteiger partial charge in [0.15, 0.2) is 0 Å². The normalized spacial score (nSPS) is 34.2. The van der Waals surface area contributed by atoms with Crippen molar-refractivity contribution in [2.45, 2.75) is 50.5 Å². The van der Waals surface area contributed by atoms with Crippen molar-refractivity contribution in [1.29, 1.82) is 0 Å². The van der Waals surface area contributed by atoms with Gasteiger partial charge in [-0.15, -0.1) is 0 Å². The molecule has 0 bridgehead atoms. The van der Waals surface area contributed by atoms with Crippen LogP contribution < -0.4 is 5.73 Å². The summed E-state index contributed by atoms with van der Waals surface area (Å²) in [7, 11) is 2.24. The first kappa shape index (κ1) is 13.3. The van der Waals surface area contributed by atoms with Crippen molar-refractivity contribution in [3.05, 3.63) is 0 Å². The maximum Gasteiger partial charge on any atom is 0.0458 e. The number of likely N-dealkylation sites (N-methyl/N-ethyl adjacent to an activating group) is 1. The van der Waals surface area contributed by atoms with Crippen LogP contribution in [0.2, 0.25) is 0 Å². The molecule has 0 amide bonds. The Balaban J connectivity index is 2.03. The molecule has 1 unspecified atom stereocenters. The molecule has 2 aliphatic heterocycles. The van der Waals surface area contributed by atoms with E-state index in [-0.39, 0.29) is 5.54 Å². The summed E-state index contributed by atoms with van der Waals surface area (Å²) in [6.45, 7) is 5.78. The molecule has 0 radical (unpaired) electrons. The average Bonchev–Trinajstić information content (AvgIpc) is 2.28. The van der Waals surface area contributed by atoms with Gasteiger partial charge in [0.25, 0.3) is 0 Å². The lowest BCUT2D eigenvalue weighted by molar-refractivity contribution is 0.0205. The highest BCUT2D eigenvalue weighted by molar-refractivity contribution is 4.97. The molecule has 1 atom stereocenters. The van der Waals surface area contributed by atoms with Crippen molar-refractivity contribution in [2.75, 3.05) is 39.8 Å². The van der Waals surface area contributed by atoms with Crippen LogP contribution in [0.1, 0.15) is 44.9 Å². The van der Waals surface area contributed by atoms with Crippen molar-refractivity contribution in [2.24, 2.45) is 5.73 Å². The molecule has 2 N–H and O–H groups in total. The van der Waals surface area contributed by atoms with E-state index in [0.717, 1.165) is 6.54 Å². The van der Waals surface area contributed by atoms with Crippen molar-refractivity contribution < 1.29 is 0 Å². The fourth-order valence-corrected chi connectivity index (χ4v) is 3.61. The van der Waals surface area contributed by atoms with E-state index in [9.17, 15) is 0 Å². The van der Waals surface area contributed by atoms with E-state index in [1.165, 1.54) is 71.1 Å². The summed E-state index contributed by atoms with van der Waals surface area (Å²) in [6.07, 6.45) is 9.60. The Labute approximate surface area is 106 Å². The van der Waals surface area contributed by atoms with Gasteiger partial charge in [-0.3, -0.25) is 4.90 Å². The smallest absolute Gasteiger partial charge is 0.0458 e. The summed E-state index contributed by atoms with van der Waals surface area (Å²) >= 11 is 0. The summed E-state index contributed by atoms with van der Waals surface area (Å²) in [4.78, 5) is 5.19. The van der Waals surface area contributed by atoms with Crippen LogP contribution in [0.5, 0.6) is 0 Å². The first-order valence-electron chi connectivity index (χ1n) is 7.40. The molecule has 3 nitrogen and oxygen atoms in total. The van der Waals surface area contributed by atoms with E-state index in [1.54, 1.807) is 0 Å². The molecule has 2 rings (SSSR count). The van der Waals surface area contributed by atoms with E-state index in [1.807, 2.05) is 0 Å².